The van der Waals surface area contributed by atoms with Crippen LogP contribution in [0.5, 0.6) is 5.75 Å². The molecule has 1 aliphatic rings. The number of guanidine groups is 1. The van der Waals surface area contributed by atoms with E-state index in [2.05, 4.69) is 68.2 Å². The van der Waals surface area contributed by atoms with E-state index in [1.165, 1.54) is 24.0 Å². The van der Waals surface area contributed by atoms with Crippen LogP contribution in [0.1, 0.15) is 35.6 Å². The lowest BCUT2D eigenvalue weighted by atomic mass is 10.1. The molecule has 1 saturated heterocycles. The molecule has 7 nitrogen and oxygen atoms in total. The fraction of sp³-hybridized carbons (Fsp3) is 0.385. The van der Waals surface area contributed by atoms with Crippen molar-refractivity contribution in [3.8, 4) is 5.75 Å². The van der Waals surface area contributed by atoms with Gasteiger partial charge in [-0.1, -0.05) is 42.5 Å². The first kappa shape index (κ1) is 26.0. The van der Waals surface area contributed by atoms with Gasteiger partial charge in [-0.2, -0.15) is 5.10 Å². The molecule has 34 heavy (non-hydrogen) atoms. The summed E-state index contributed by atoms with van der Waals surface area (Å²) >= 11 is 0. The van der Waals surface area contributed by atoms with Gasteiger partial charge in [0.2, 0.25) is 0 Å². The molecule has 0 amide bonds. The summed E-state index contributed by atoms with van der Waals surface area (Å²) in [6, 6.07) is 19.1. The highest BCUT2D eigenvalue weighted by molar-refractivity contribution is 14.0. The summed E-state index contributed by atoms with van der Waals surface area (Å²) in [5, 5.41) is 11.4. The average Bonchev–Trinajstić information content (AvgIpc) is 3.55. The first-order valence-electron chi connectivity index (χ1n) is 11.6. The Bertz CT molecular complexity index is 1020. The lowest BCUT2D eigenvalue weighted by molar-refractivity contribution is 0.245. The maximum absolute atomic E-state index is 5.33. The number of hydrogen-bond acceptors (Lipinski definition) is 4. The van der Waals surface area contributed by atoms with Crippen LogP contribution in [0.4, 0.5) is 0 Å². The van der Waals surface area contributed by atoms with E-state index in [4.69, 9.17) is 4.74 Å². The van der Waals surface area contributed by atoms with Gasteiger partial charge in [0.05, 0.1) is 25.9 Å². The normalized spacial score (nSPS) is 14.9. The highest BCUT2D eigenvalue weighted by atomic mass is 127. The zero-order valence-electron chi connectivity index (χ0n) is 20.0. The van der Waals surface area contributed by atoms with Gasteiger partial charge in [0.15, 0.2) is 5.96 Å². The molecule has 4 rings (SSSR count). The molecule has 1 aromatic heterocycles. The third-order valence-corrected chi connectivity index (χ3v) is 6.10. The Balaban J connectivity index is 0.00000324. The van der Waals surface area contributed by atoms with Gasteiger partial charge in [-0.25, -0.2) is 0 Å². The minimum Gasteiger partial charge on any atom is -0.497 e. The molecule has 2 aromatic carbocycles. The van der Waals surface area contributed by atoms with E-state index in [-0.39, 0.29) is 24.0 Å². The molecule has 3 aromatic rings. The second-order valence-electron chi connectivity index (χ2n) is 8.37. The third kappa shape index (κ3) is 7.20. The molecule has 2 N–H and O–H groups in total. The van der Waals surface area contributed by atoms with Crippen LogP contribution in [0, 0.1) is 0 Å². The van der Waals surface area contributed by atoms with Gasteiger partial charge >= 0.3 is 0 Å². The van der Waals surface area contributed by atoms with Crippen molar-refractivity contribution in [3.05, 3.63) is 83.7 Å². The van der Waals surface area contributed by atoms with Gasteiger partial charge < -0.3 is 15.4 Å². The fourth-order valence-electron chi connectivity index (χ4n) is 4.29. The molecule has 8 heteroatoms. The summed E-state index contributed by atoms with van der Waals surface area (Å²) in [7, 11) is 3.52. The van der Waals surface area contributed by atoms with E-state index < -0.39 is 0 Å². The van der Waals surface area contributed by atoms with Gasteiger partial charge in [-0.05, 0) is 49.2 Å². The molecule has 2 heterocycles. The van der Waals surface area contributed by atoms with Crippen LogP contribution >= 0.6 is 24.0 Å². The summed E-state index contributed by atoms with van der Waals surface area (Å²) in [6.45, 7) is 4.49. The highest BCUT2D eigenvalue weighted by Gasteiger charge is 2.23. The minimum absolute atomic E-state index is 0. The number of benzene rings is 2. The largest absolute Gasteiger partial charge is 0.497 e. The van der Waals surface area contributed by atoms with Crippen molar-refractivity contribution in [3.63, 3.8) is 0 Å². The Morgan fingerprint density at radius 2 is 1.76 bits per heavy atom. The van der Waals surface area contributed by atoms with E-state index in [9.17, 15) is 0 Å². The van der Waals surface area contributed by atoms with Gasteiger partial charge in [-0.15, -0.1) is 24.0 Å². The maximum atomic E-state index is 5.33. The molecule has 0 aliphatic carbocycles. The third-order valence-electron chi connectivity index (χ3n) is 6.10. The van der Waals surface area contributed by atoms with Crippen molar-refractivity contribution in [2.24, 2.45) is 4.99 Å². The molecule has 0 saturated carbocycles. The molecule has 1 fully saturated rings. The van der Waals surface area contributed by atoms with Crippen molar-refractivity contribution < 1.29 is 4.74 Å². The van der Waals surface area contributed by atoms with E-state index in [0.717, 1.165) is 43.5 Å². The van der Waals surface area contributed by atoms with E-state index in [1.807, 2.05) is 36.1 Å². The molecular formula is C26H35IN6O. The number of aromatic nitrogens is 2. The first-order valence-corrected chi connectivity index (χ1v) is 11.6. The number of rotatable bonds is 9. The summed E-state index contributed by atoms with van der Waals surface area (Å²) in [4.78, 5) is 6.98. The molecule has 182 valence electrons. The van der Waals surface area contributed by atoms with E-state index in [1.54, 1.807) is 7.11 Å². The molecule has 1 unspecified atom stereocenters. The van der Waals surface area contributed by atoms with E-state index in [0.29, 0.717) is 12.6 Å². The van der Waals surface area contributed by atoms with Crippen molar-refractivity contribution in [1.82, 2.24) is 25.3 Å². The molecule has 0 spiro atoms. The van der Waals surface area contributed by atoms with Crippen LogP contribution in [-0.4, -0.2) is 54.4 Å². The van der Waals surface area contributed by atoms with Crippen molar-refractivity contribution in [1.29, 1.82) is 0 Å². The zero-order chi connectivity index (χ0) is 22.9. The van der Waals surface area contributed by atoms with Crippen LogP contribution in [0.3, 0.4) is 0 Å². The Kier molecular flexibility index (Phi) is 10.2. The second kappa shape index (κ2) is 13.3. The number of hydrogen-bond donors (Lipinski definition) is 2. The first-order chi connectivity index (χ1) is 16.2. The topological polar surface area (TPSA) is 66.7 Å². The SMILES string of the molecule is CN=C(NCc1cnn(Cc2ccccc2)c1)NCC(c1ccc(OC)cc1)N1CCCC1.I. The Morgan fingerprint density at radius 3 is 2.44 bits per heavy atom. The zero-order valence-corrected chi connectivity index (χ0v) is 22.3. The highest BCUT2D eigenvalue weighted by Crippen LogP contribution is 2.26. The van der Waals surface area contributed by atoms with Crippen LogP contribution in [-0.2, 0) is 13.1 Å². The van der Waals surface area contributed by atoms with Gasteiger partial charge in [0.1, 0.15) is 5.75 Å². The van der Waals surface area contributed by atoms with Gasteiger partial charge in [0, 0.05) is 31.9 Å². The van der Waals surface area contributed by atoms with Crippen LogP contribution < -0.4 is 15.4 Å². The molecule has 1 aliphatic heterocycles. The molecule has 0 radical (unpaired) electrons. The summed E-state index contributed by atoms with van der Waals surface area (Å²) < 4.78 is 7.30. The Morgan fingerprint density at radius 1 is 1.03 bits per heavy atom. The number of nitrogens with one attached hydrogen (secondary N) is 2. The quantitative estimate of drug-likeness (QED) is 0.229. The summed E-state index contributed by atoms with van der Waals surface area (Å²) in [6.07, 6.45) is 6.50. The van der Waals surface area contributed by atoms with Crippen molar-refractivity contribution in [2.75, 3.05) is 33.8 Å². The summed E-state index contributed by atoms with van der Waals surface area (Å²) in [5.74, 6) is 1.68. The maximum Gasteiger partial charge on any atom is 0.191 e. The van der Waals surface area contributed by atoms with Crippen molar-refractivity contribution >= 4 is 29.9 Å². The standard InChI is InChI=1S/C26H34N6O.HI/c1-27-26(28-16-22-17-30-32(20-22)19-21-8-4-3-5-9-21)29-18-25(31-14-6-7-15-31)23-10-12-24(33-2)13-11-23;/h3-5,8-13,17,20,25H,6-7,14-16,18-19H2,1-2H3,(H2,27,28,29);1H. The smallest absolute Gasteiger partial charge is 0.191 e. The molecule has 1 atom stereocenters. The Labute approximate surface area is 219 Å². The lowest BCUT2D eigenvalue weighted by Crippen LogP contribution is -2.42. The predicted octanol–water partition coefficient (Wildman–Crippen LogP) is 4.06. The number of methoxy groups -OCH3 is 1. The fourth-order valence-corrected chi connectivity index (χ4v) is 4.29. The van der Waals surface area contributed by atoms with Gasteiger partial charge in [-0.3, -0.25) is 14.6 Å². The molecular weight excluding hydrogens is 539 g/mol. The lowest BCUT2D eigenvalue weighted by Gasteiger charge is -2.29. The summed E-state index contributed by atoms with van der Waals surface area (Å²) in [5.41, 5.74) is 3.66. The Hall–Kier alpha value is -2.59. The van der Waals surface area contributed by atoms with Crippen LogP contribution in [0.2, 0.25) is 0 Å². The number of nitrogens with zero attached hydrogens (tertiary/aromatic N) is 4. The predicted molar refractivity (Wildman–Crippen MR) is 148 cm³/mol. The number of ether oxygens (including phenoxy) is 1. The van der Waals surface area contributed by atoms with E-state index >= 15 is 0 Å². The molecule has 0 bridgehead atoms. The van der Waals surface area contributed by atoms with Crippen LogP contribution in [0.25, 0.3) is 0 Å². The van der Waals surface area contributed by atoms with Gasteiger partial charge in [0.25, 0.3) is 0 Å². The second-order valence-corrected chi connectivity index (χ2v) is 8.37. The number of aliphatic imine (C=N–C) groups is 1. The number of likely N-dealkylation sites (tertiary alicyclic amines) is 1. The monoisotopic (exact) mass is 574 g/mol. The number of halogens is 1. The minimum atomic E-state index is 0. The average molecular weight is 575 g/mol. The van der Waals surface area contributed by atoms with Crippen LogP contribution in [0.15, 0.2) is 72.0 Å². The van der Waals surface area contributed by atoms with Crippen molar-refractivity contribution in [2.45, 2.75) is 32.0 Å².